The molecular weight excluding hydrogens is 206 g/mol. The van der Waals surface area contributed by atoms with Crippen molar-refractivity contribution < 1.29 is 0 Å². The van der Waals surface area contributed by atoms with Crippen molar-refractivity contribution in [2.45, 2.75) is 37.1 Å². The van der Waals surface area contributed by atoms with E-state index in [0.29, 0.717) is 11.5 Å². The predicted octanol–water partition coefficient (Wildman–Crippen LogP) is 3.43. The number of hydrogen-bond acceptors (Lipinski definition) is 1. The first-order chi connectivity index (χ1) is 7.27. The van der Waals surface area contributed by atoms with E-state index in [1.807, 2.05) is 13.1 Å². The molecule has 0 amide bonds. The smallest absolute Gasteiger partial charge is 0.0447 e. The van der Waals surface area contributed by atoms with E-state index in [0.717, 1.165) is 5.02 Å². The van der Waals surface area contributed by atoms with E-state index in [9.17, 15) is 0 Å². The summed E-state index contributed by atoms with van der Waals surface area (Å²) in [5, 5.41) is 4.37. The van der Waals surface area contributed by atoms with Crippen molar-refractivity contribution in [3.8, 4) is 0 Å². The Kier molecular flexibility index (Phi) is 2.08. The molecule has 2 heteroatoms. The maximum absolute atomic E-state index is 6.36. The zero-order valence-electron chi connectivity index (χ0n) is 9.02. The zero-order valence-corrected chi connectivity index (χ0v) is 9.77. The Morgan fingerprint density at radius 3 is 2.80 bits per heavy atom. The molecule has 1 saturated carbocycles. The van der Waals surface area contributed by atoms with Gasteiger partial charge in [-0.25, -0.2) is 0 Å². The first-order valence-corrected chi connectivity index (χ1v) is 6.11. The lowest BCUT2D eigenvalue weighted by atomic mass is 9.77. The zero-order chi connectivity index (χ0) is 10.5. The largest absolute Gasteiger partial charge is 0.313 e. The molecule has 1 aromatic rings. The molecule has 0 heterocycles. The summed E-state index contributed by atoms with van der Waals surface area (Å²) in [7, 11) is 2.04. The Bertz CT molecular complexity index is 396. The first-order valence-electron chi connectivity index (χ1n) is 5.73. The minimum atomic E-state index is 0.459. The van der Waals surface area contributed by atoms with Gasteiger partial charge in [0.25, 0.3) is 0 Å². The van der Waals surface area contributed by atoms with Crippen molar-refractivity contribution in [3.05, 3.63) is 34.3 Å². The van der Waals surface area contributed by atoms with Gasteiger partial charge in [-0.05, 0) is 55.3 Å². The summed E-state index contributed by atoms with van der Waals surface area (Å²) < 4.78 is 0. The molecule has 1 spiro atoms. The number of nitrogens with one attached hydrogen (secondary N) is 1. The summed E-state index contributed by atoms with van der Waals surface area (Å²) >= 11 is 6.36. The Morgan fingerprint density at radius 1 is 1.33 bits per heavy atom. The van der Waals surface area contributed by atoms with Crippen molar-refractivity contribution in [2.24, 2.45) is 0 Å². The summed E-state index contributed by atoms with van der Waals surface area (Å²) in [6, 6.07) is 6.86. The number of fused-ring (bicyclic) bond motifs is 2. The van der Waals surface area contributed by atoms with Gasteiger partial charge < -0.3 is 5.32 Å². The number of benzene rings is 1. The Balaban J connectivity index is 2.16. The molecule has 2 aliphatic carbocycles. The predicted molar refractivity (Wildman–Crippen MR) is 63.4 cm³/mol. The van der Waals surface area contributed by atoms with Gasteiger partial charge in [-0.1, -0.05) is 23.7 Å². The van der Waals surface area contributed by atoms with E-state index in [1.165, 1.54) is 36.8 Å². The van der Waals surface area contributed by atoms with Crippen LogP contribution in [-0.4, -0.2) is 7.05 Å². The molecule has 80 valence electrons. The van der Waals surface area contributed by atoms with Gasteiger partial charge in [0.2, 0.25) is 0 Å². The van der Waals surface area contributed by atoms with Crippen molar-refractivity contribution in [2.75, 3.05) is 7.05 Å². The van der Waals surface area contributed by atoms with Crippen molar-refractivity contribution in [1.82, 2.24) is 5.32 Å². The standard InChI is InChI=1S/C13H16ClN/c1-15-11-5-6-13(7-8-13)12-9(11)3-2-4-10(12)14/h2-4,11,15H,5-8H2,1H3. The fraction of sp³-hybridized carbons (Fsp3) is 0.538. The van der Waals surface area contributed by atoms with Gasteiger partial charge in [0.05, 0.1) is 0 Å². The van der Waals surface area contributed by atoms with Crippen LogP contribution in [0, 0.1) is 0 Å². The Hall–Kier alpha value is -0.530. The summed E-state index contributed by atoms with van der Waals surface area (Å²) in [6.45, 7) is 0. The topological polar surface area (TPSA) is 12.0 Å². The maximum Gasteiger partial charge on any atom is 0.0447 e. The highest BCUT2D eigenvalue weighted by molar-refractivity contribution is 6.31. The first kappa shape index (κ1) is 9.68. The lowest BCUT2D eigenvalue weighted by Crippen LogP contribution is -2.27. The van der Waals surface area contributed by atoms with Crippen LogP contribution in [0.2, 0.25) is 5.02 Å². The second-order valence-electron chi connectivity index (χ2n) is 4.86. The summed E-state index contributed by atoms with van der Waals surface area (Å²) in [5.74, 6) is 0. The molecule has 1 nitrogen and oxygen atoms in total. The number of hydrogen-bond donors (Lipinski definition) is 1. The van der Waals surface area contributed by atoms with Gasteiger partial charge in [0, 0.05) is 11.1 Å². The van der Waals surface area contributed by atoms with Gasteiger partial charge >= 0.3 is 0 Å². The van der Waals surface area contributed by atoms with E-state index in [4.69, 9.17) is 11.6 Å². The van der Waals surface area contributed by atoms with Crippen LogP contribution in [0.5, 0.6) is 0 Å². The van der Waals surface area contributed by atoms with Crippen LogP contribution in [0.4, 0.5) is 0 Å². The van der Waals surface area contributed by atoms with E-state index >= 15 is 0 Å². The van der Waals surface area contributed by atoms with Crippen LogP contribution < -0.4 is 5.32 Å². The highest BCUT2D eigenvalue weighted by Crippen LogP contribution is 2.58. The van der Waals surface area contributed by atoms with Crippen molar-refractivity contribution >= 4 is 11.6 Å². The van der Waals surface area contributed by atoms with Gasteiger partial charge in [-0.2, -0.15) is 0 Å². The number of halogens is 1. The minimum absolute atomic E-state index is 0.459. The third kappa shape index (κ3) is 1.33. The monoisotopic (exact) mass is 221 g/mol. The third-order valence-electron chi connectivity index (χ3n) is 4.07. The molecule has 0 bridgehead atoms. The number of rotatable bonds is 1. The highest BCUT2D eigenvalue weighted by Gasteiger charge is 2.49. The normalized spacial score (nSPS) is 26.4. The average molecular weight is 222 g/mol. The van der Waals surface area contributed by atoms with Crippen LogP contribution in [-0.2, 0) is 5.41 Å². The molecule has 1 N–H and O–H groups in total. The summed E-state index contributed by atoms with van der Waals surface area (Å²) in [4.78, 5) is 0. The van der Waals surface area contributed by atoms with Crippen molar-refractivity contribution in [3.63, 3.8) is 0 Å². The summed E-state index contributed by atoms with van der Waals surface area (Å²) in [5.41, 5.74) is 3.34. The fourth-order valence-electron chi connectivity index (χ4n) is 3.04. The molecule has 0 saturated heterocycles. The molecule has 1 aromatic carbocycles. The lowest BCUT2D eigenvalue weighted by Gasteiger charge is -2.32. The van der Waals surface area contributed by atoms with Gasteiger partial charge in [0.1, 0.15) is 0 Å². The quantitative estimate of drug-likeness (QED) is 0.766. The van der Waals surface area contributed by atoms with Crippen molar-refractivity contribution in [1.29, 1.82) is 0 Å². The Morgan fingerprint density at radius 2 is 2.13 bits per heavy atom. The SMILES string of the molecule is CNC1CCC2(CC2)c2c(Cl)cccc21. The summed E-state index contributed by atoms with van der Waals surface area (Å²) in [6.07, 6.45) is 5.22. The van der Waals surface area contributed by atoms with Crippen LogP contribution in [0.3, 0.4) is 0 Å². The van der Waals surface area contributed by atoms with Gasteiger partial charge in [0.15, 0.2) is 0 Å². The Labute approximate surface area is 95.8 Å². The van der Waals surface area contributed by atoms with Crippen LogP contribution >= 0.6 is 11.6 Å². The fourth-order valence-corrected chi connectivity index (χ4v) is 3.42. The molecule has 0 radical (unpaired) electrons. The molecule has 1 atom stereocenters. The van der Waals surface area contributed by atoms with E-state index < -0.39 is 0 Å². The average Bonchev–Trinajstić information content (AvgIpc) is 2.99. The molecule has 15 heavy (non-hydrogen) atoms. The molecule has 0 aromatic heterocycles. The van der Waals surface area contributed by atoms with Crippen LogP contribution in [0.1, 0.15) is 42.9 Å². The maximum atomic E-state index is 6.36. The van der Waals surface area contributed by atoms with E-state index in [-0.39, 0.29) is 0 Å². The molecular formula is C13H16ClN. The second kappa shape index (κ2) is 3.23. The molecule has 1 fully saturated rings. The molecule has 0 aliphatic heterocycles. The van der Waals surface area contributed by atoms with E-state index in [2.05, 4.69) is 17.4 Å². The van der Waals surface area contributed by atoms with Crippen LogP contribution in [0.25, 0.3) is 0 Å². The lowest BCUT2D eigenvalue weighted by molar-refractivity contribution is 0.435. The minimum Gasteiger partial charge on any atom is -0.313 e. The van der Waals surface area contributed by atoms with Gasteiger partial charge in [-0.3, -0.25) is 0 Å². The molecule has 1 unspecified atom stereocenters. The highest BCUT2D eigenvalue weighted by atomic mass is 35.5. The van der Waals surface area contributed by atoms with Crippen LogP contribution in [0.15, 0.2) is 18.2 Å². The third-order valence-corrected chi connectivity index (χ3v) is 4.38. The molecule has 2 aliphatic rings. The van der Waals surface area contributed by atoms with E-state index in [1.54, 1.807) is 0 Å². The second-order valence-corrected chi connectivity index (χ2v) is 5.27. The molecule has 3 rings (SSSR count). The van der Waals surface area contributed by atoms with Gasteiger partial charge in [-0.15, -0.1) is 0 Å².